The molecule has 1 aliphatic heterocycles. The number of thioether (sulfide) groups is 1. The summed E-state index contributed by atoms with van der Waals surface area (Å²) in [5.41, 5.74) is 3.53. The highest BCUT2D eigenvalue weighted by molar-refractivity contribution is 7.99. The summed E-state index contributed by atoms with van der Waals surface area (Å²) >= 11 is 3.43. The van der Waals surface area contributed by atoms with Crippen LogP contribution in [0.4, 0.5) is 0 Å². The Balaban J connectivity index is 1.49. The molecular weight excluding hydrogens is 458 g/mol. The minimum atomic E-state index is 0.0845. The van der Waals surface area contributed by atoms with Gasteiger partial charge in [0.05, 0.1) is 11.1 Å². The SMILES string of the molecule is CCCCCCSc1nc2sc3c(c2c(=O)n1-c1ccccc1)CCN(Cc1ccccc1)C3. The van der Waals surface area contributed by atoms with E-state index in [2.05, 4.69) is 42.2 Å². The number of hydrogen-bond acceptors (Lipinski definition) is 5. The lowest BCUT2D eigenvalue weighted by Gasteiger charge is -2.26. The molecule has 0 fully saturated rings. The van der Waals surface area contributed by atoms with E-state index in [4.69, 9.17) is 4.98 Å². The zero-order chi connectivity index (χ0) is 23.3. The van der Waals surface area contributed by atoms with Gasteiger partial charge in [-0.15, -0.1) is 11.3 Å². The van der Waals surface area contributed by atoms with Crippen molar-refractivity contribution in [1.82, 2.24) is 14.5 Å². The van der Waals surface area contributed by atoms with Crippen LogP contribution >= 0.6 is 23.1 Å². The van der Waals surface area contributed by atoms with Crippen LogP contribution in [0.25, 0.3) is 15.9 Å². The van der Waals surface area contributed by atoms with Gasteiger partial charge in [-0.2, -0.15) is 0 Å². The van der Waals surface area contributed by atoms with Crippen molar-refractivity contribution in [1.29, 1.82) is 0 Å². The lowest BCUT2D eigenvalue weighted by Crippen LogP contribution is -2.30. The number of nitrogens with zero attached hydrogens (tertiary/aromatic N) is 3. The second-order valence-electron chi connectivity index (χ2n) is 8.91. The summed E-state index contributed by atoms with van der Waals surface area (Å²) in [6, 6.07) is 20.6. The Morgan fingerprint density at radius 3 is 2.53 bits per heavy atom. The summed E-state index contributed by atoms with van der Waals surface area (Å²) in [6.45, 7) is 5.02. The predicted molar refractivity (Wildman–Crippen MR) is 144 cm³/mol. The van der Waals surface area contributed by atoms with Crippen molar-refractivity contribution in [2.45, 2.75) is 57.3 Å². The van der Waals surface area contributed by atoms with Crippen LogP contribution in [0.3, 0.4) is 0 Å². The highest BCUT2D eigenvalue weighted by Gasteiger charge is 2.25. The lowest BCUT2D eigenvalue weighted by atomic mass is 10.0. The van der Waals surface area contributed by atoms with Crippen molar-refractivity contribution in [2.75, 3.05) is 12.3 Å². The van der Waals surface area contributed by atoms with Gasteiger partial charge >= 0.3 is 0 Å². The van der Waals surface area contributed by atoms with E-state index < -0.39 is 0 Å². The zero-order valence-corrected chi connectivity index (χ0v) is 21.3. The van der Waals surface area contributed by atoms with E-state index in [0.717, 1.165) is 59.3 Å². The average molecular weight is 490 g/mol. The normalized spacial score (nSPS) is 13.9. The van der Waals surface area contributed by atoms with Gasteiger partial charge in [0.1, 0.15) is 4.83 Å². The molecule has 0 radical (unpaired) electrons. The Kier molecular flexibility index (Phi) is 7.48. The third-order valence-electron chi connectivity index (χ3n) is 6.42. The average Bonchev–Trinajstić information content (AvgIpc) is 3.23. The van der Waals surface area contributed by atoms with Gasteiger partial charge in [0.2, 0.25) is 0 Å². The summed E-state index contributed by atoms with van der Waals surface area (Å²) in [5.74, 6) is 0.987. The molecule has 2 aromatic heterocycles. The van der Waals surface area contributed by atoms with E-state index in [-0.39, 0.29) is 5.56 Å². The molecule has 4 nitrogen and oxygen atoms in total. The Bertz CT molecular complexity index is 1300. The van der Waals surface area contributed by atoms with Crippen LogP contribution in [0.2, 0.25) is 0 Å². The fourth-order valence-corrected chi connectivity index (χ4v) is 6.96. The third-order valence-corrected chi connectivity index (χ3v) is 8.55. The molecule has 34 heavy (non-hydrogen) atoms. The number of unbranched alkanes of at least 4 members (excludes halogenated alkanes) is 3. The smallest absolute Gasteiger partial charge is 0.267 e. The van der Waals surface area contributed by atoms with Crippen molar-refractivity contribution >= 4 is 33.3 Å². The second kappa shape index (κ2) is 10.9. The number of para-hydroxylation sites is 1. The van der Waals surface area contributed by atoms with Gasteiger partial charge in [0.25, 0.3) is 5.56 Å². The first kappa shape index (κ1) is 23.3. The summed E-state index contributed by atoms with van der Waals surface area (Å²) < 4.78 is 1.84. The van der Waals surface area contributed by atoms with Crippen LogP contribution < -0.4 is 5.56 Å². The van der Waals surface area contributed by atoms with Crippen LogP contribution in [-0.4, -0.2) is 26.7 Å². The highest BCUT2D eigenvalue weighted by atomic mass is 32.2. The predicted octanol–water partition coefficient (Wildman–Crippen LogP) is 6.68. The van der Waals surface area contributed by atoms with Gasteiger partial charge < -0.3 is 0 Å². The third kappa shape index (κ3) is 4.99. The summed E-state index contributed by atoms with van der Waals surface area (Å²) in [5, 5.41) is 1.65. The first-order valence-corrected chi connectivity index (χ1v) is 14.1. The van der Waals surface area contributed by atoms with E-state index in [0.29, 0.717) is 0 Å². The fraction of sp³-hybridized carbons (Fsp3) is 0.357. The monoisotopic (exact) mass is 489 g/mol. The molecule has 0 bridgehead atoms. The summed E-state index contributed by atoms with van der Waals surface area (Å²) in [6.07, 6.45) is 5.76. The summed E-state index contributed by atoms with van der Waals surface area (Å²) in [7, 11) is 0. The standard InChI is InChI=1S/C28H31N3OS2/c1-2-3-4-11-18-33-28-29-26-25(27(32)31(28)22-14-9-6-10-15-22)23-16-17-30(20-24(23)34-26)19-21-12-7-5-8-13-21/h5-10,12-15H,2-4,11,16-20H2,1H3. The molecule has 0 unspecified atom stereocenters. The van der Waals surface area contributed by atoms with Gasteiger partial charge in [0.15, 0.2) is 5.16 Å². The van der Waals surface area contributed by atoms with Crippen molar-refractivity contribution in [3.8, 4) is 5.69 Å². The number of rotatable bonds is 9. The first-order chi connectivity index (χ1) is 16.7. The molecule has 4 aromatic rings. The molecule has 5 rings (SSSR count). The topological polar surface area (TPSA) is 38.1 Å². The Morgan fingerprint density at radius 1 is 1.00 bits per heavy atom. The van der Waals surface area contributed by atoms with Gasteiger partial charge in [0, 0.05) is 30.3 Å². The zero-order valence-electron chi connectivity index (χ0n) is 19.7. The molecule has 1 aliphatic rings. The minimum Gasteiger partial charge on any atom is -0.294 e. The maximum absolute atomic E-state index is 13.9. The number of benzene rings is 2. The van der Waals surface area contributed by atoms with E-state index in [9.17, 15) is 4.79 Å². The van der Waals surface area contributed by atoms with Gasteiger partial charge in [-0.1, -0.05) is 86.5 Å². The fourth-order valence-electron chi connectivity index (χ4n) is 4.65. The van der Waals surface area contributed by atoms with Crippen LogP contribution in [0.5, 0.6) is 0 Å². The van der Waals surface area contributed by atoms with E-state index >= 15 is 0 Å². The van der Waals surface area contributed by atoms with Crippen LogP contribution in [0.15, 0.2) is 70.6 Å². The van der Waals surface area contributed by atoms with Crippen molar-refractivity contribution in [3.63, 3.8) is 0 Å². The van der Waals surface area contributed by atoms with Gasteiger partial charge in [-0.05, 0) is 36.1 Å². The van der Waals surface area contributed by atoms with Gasteiger partial charge in [-0.3, -0.25) is 14.3 Å². The highest BCUT2D eigenvalue weighted by Crippen LogP contribution is 2.35. The number of fused-ring (bicyclic) bond motifs is 3. The molecule has 6 heteroatoms. The van der Waals surface area contributed by atoms with Crippen molar-refractivity contribution < 1.29 is 0 Å². The summed E-state index contributed by atoms with van der Waals surface area (Å²) in [4.78, 5) is 23.6. The van der Waals surface area contributed by atoms with E-state index in [1.54, 1.807) is 23.1 Å². The van der Waals surface area contributed by atoms with Crippen LogP contribution in [0.1, 0.15) is 48.6 Å². The largest absolute Gasteiger partial charge is 0.294 e. The van der Waals surface area contributed by atoms with Crippen molar-refractivity contribution in [2.24, 2.45) is 0 Å². The van der Waals surface area contributed by atoms with E-state index in [1.165, 1.54) is 35.3 Å². The molecule has 0 amide bonds. The molecule has 0 atom stereocenters. The van der Waals surface area contributed by atoms with Crippen molar-refractivity contribution in [3.05, 3.63) is 87.0 Å². The molecule has 2 aromatic carbocycles. The molecule has 176 valence electrons. The Hall–Kier alpha value is -2.41. The Labute approximate surface area is 209 Å². The number of thiophene rings is 1. The molecule has 0 spiro atoms. The molecule has 0 saturated carbocycles. The molecular formula is C28H31N3OS2. The van der Waals surface area contributed by atoms with E-state index in [1.807, 2.05) is 34.9 Å². The number of hydrogen-bond donors (Lipinski definition) is 0. The van der Waals surface area contributed by atoms with Crippen LogP contribution in [0, 0.1) is 0 Å². The molecule has 3 heterocycles. The molecule has 0 N–H and O–H groups in total. The maximum atomic E-state index is 13.9. The first-order valence-electron chi connectivity index (χ1n) is 12.3. The molecule has 0 aliphatic carbocycles. The number of aromatic nitrogens is 2. The van der Waals surface area contributed by atoms with Gasteiger partial charge in [-0.25, -0.2) is 4.98 Å². The molecule has 0 saturated heterocycles. The quantitative estimate of drug-likeness (QED) is 0.149. The maximum Gasteiger partial charge on any atom is 0.267 e. The Morgan fingerprint density at radius 2 is 1.76 bits per heavy atom. The lowest BCUT2D eigenvalue weighted by molar-refractivity contribution is 0.249. The minimum absolute atomic E-state index is 0.0845. The van der Waals surface area contributed by atoms with Crippen LogP contribution in [-0.2, 0) is 19.5 Å². The second-order valence-corrected chi connectivity index (χ2v) is 11.1.